The predicted molar refractivity (Wildman–Crippen MR) is 104 cm³/mol. The van der Waals surface area contributed by atoms with Gasteiger partial charge in [-0.3, -0.25) is 10.1 Å². The van der Waals surface area contributed by atoms with Crippen molar-refractivity contribution in [2.24, 2.45) is 0 Å². The number of rotatable bonds is 3. The Hall–Kier alpha value is -2.98. The van der Waals surface area contributed by atoms with Gasteiger partial charge in [-0.25, -0.2) is 0 Å². The molecular formula is C20H16N2OS. The van der Waals surface area contributed by atoms with Crippen molar-refractivity contribution < 1.29 is 4.79 Å². The van der Waals surface area contributed by atoms with Crippen LogP contribution in [0.5, 0.6) is 0 Å². The summed E-state index contributed by atoms with van der Waals surface area (Å²) in [5, 5.41) is 8.21. The standard InChI is InChI=1S/C20H16N2OS/c23-19(13-10-15-6-2-1-3-7-15)22-20(24)21-18-12-11-16-8-4-5-9-17(16)14-18/h1-14H,(H2,21,22,23,24)/b13-10+. The summed E-state index contributed by atoms with van der Waals surface area (Å²) < 4.78 is 0. The minimum atomic E-state index is -0.267. The third kappa shape index (κ3) is 4.27. The van der Waals surface area contributed by atoms with Gasteiger partial charge in [-0.1, -0.05) is 60.7 Å². The zero-order valence-electron chi connectivity index (χ0n) is 12.9. The van der Waals surface area contributed by atoms with E-state index in [0.29, 0.717) is 0 Å². The maximum absolute atomic E-state index is 11.9. The molecule has 2 N–H and O–H groups in total. The average molecular weight is 332 g/mol. The number of carbonyl (C=O) groups excluding carboxylic acids is 1. The van der Waals surface area contributed by atoms with E-state index in [9.17, 15) is 4.79 Å². The van der Waals surface area contributed by atoms with Gasteiger partial charge in [0, 0.05) is 11.8 Å². The molecule has 0 fully saturated rings. The zero-order valence-corrected chi connectivity index (χ0v) is 13.7. The highest BCUT2D eigenvalue weighted by Crippen LogP contribution is 2.18. The quantitative estimate of drug-likeness (QED) is 0.553. The highest BCUT2D eigenvalue weighted by molar-refractivity contribution is 7.80. The van der Waals surface area contributed by atoms with Crippen molar-refractivity contribution >= 4 is 45.8 Å². The van der Waals surface area contributed by atoms with Crippen LogP contribution in [0.3, 0.4) is 0 Å². The number of hydrogen-bond acceptors (Lipinski definition) is 2. The summed E-state index contributed by atoms with van der Waals surface area (Å²) in [7, 11) is 0. The second-order valence-electron chi connectivity index (χ2n) is 5.25. The Morgan fingerprint density at radius 2 is 1.58 bits per heavy atom. The number of thiocarbonyl (C=S) groups is 1. The van der Waals surface area contributed by atoms with Gasteiger partial charge in [0.05, 0.1) is 0 Å². The molecule has 0 aliphatic carbocycles. The van der Waals surface area contributed by atoms with Crippen LogP contribution in [0.1, 0.15) is 5.56 Å². The molecule has 0 radical (unpaired) electrons. The van der Waals surface area contributed by atoms with Crippen molar-refractivity contribution in [1.29, 1.82) is 0 Å². The minimum absolute atomic E-state index is 0.267. The van der Waals surface area contributed by atoms with Crippen molar-refractivity contribution in [3.8, 4) is 0 Å². The molecule has 0 atom stereocenters. The van der Waals surface area contributed by atoms with Gasteiger partial charge in [0.2, 0.25) is 5.91 Å². The highest BCUT2D eigenvalue weighted by atomic mass is 32.1. The van der Waals surface area contributed by atoms with Gasteiger partial charge >= 0.3 is 0 Å². The SMILES string of the molecule is O=C(/C=C/c1ccccc1)NC(=S)Nc1ccc2ccccc2c1. The molecule has 0 aromatic heterocycles. The largest absolute Gasteiger partial charge is 0.332 e. The van der Waals surface area contributed by atoms with Crippen molar-refractivity contribution in [1.82, 2.24) is 5.32 Å². The van der Waals surface area contributed by atoms with Crippen LogP contribution in [0, 0.1) is 0 Å². The maximum atomic E-state index is 11.9. The first-order valence-electron chi connectivity index (χ1n) is 7.54. The Bertz CT molecular complexity index is 904. The summed E-state index contributed by atoms with van der Waals surface area (Å²) in [6, 6.07) is 23.6. The maximum Gasteiger partial charge on any atom is 0.250 e. The Morgan fingerprint density at radius 1 is 0.875 bits per heavy atom. The van der Waals surface area contributed by atoms with Crippen molar-refractivity contribution in [3.05, 3.63) is 84.4 Å². The first-order valence-corrected chi connectivity index (χ1v) is 7.95. The van der Waals surface area contributed by atoms with Crippen LogP contribution in [-0.4, -0.2) is 11.0 Å². The van der Waals surface area contributed by atoms with Gasteiger partial charge in [0.25, 0.3) is 0 Å². The number of hydrogen-bond donors (Lipinski definition) is 2. The van der Waals surface area contributed by atoms with Crippen LogP contribution >= 0.6 is 12.2 Å². The summed E-state index contributed by atoms with van der Waals surface area (Å²) in [4.78, 5) is 11.9. The molecule has 4 heteroatoms. The first-order chi connectivity index (χ1) is 11.7. The summed E-state index contributed by atoms with van der Waals surface area (Å²) in [5.74, 6) is -0.267. The molecule has 0 unspecified atom stereocenters. The van der Waals surface area contributed by atoms with E-state index in [1.165, 1.54) is 6.08 Å². The summed E-state index contributed by atoms with van der Waals surface area (Å²) in [6.45, 7) is 0. The molecule has 3 rings (SSSR count). The number of benzene rings is 3. The molecule has 0 bridgehead atoms. The van der Waals surface area contributed by atoms with E-state index in [2.05, 4.69) is 10.6 Å². The van der Waals surface area contributed by atoms with Gasteiger partial charge in [-0.2, -0.15) is 0 Å². The fourth-order valence-electron chi connectivity index (χ4n) is 2.32. The van der Waals surface area contributed by atoms with Gasteiger partial charge in [0.15, 0.2) is 5.11 Å². The molecule has 0 aliphatic heterocycles. The van der Waals surface area contributed by atoms with Crippen molar-refractivity contribution in [2.45, 2.75) is 0 Å². The monoisotopic (exact) mass is 332 g/mol. The normalized spacial score (nSPS) is 10.7. The third-order valence-corrected chi connectivity index (χ3v) is 3.67. The fraction of sp³-hybridized carbons (Fsp3) is 0. The van der Waals surface area contributed by atoms with Crippen LogP contribution in [0.2, 0.25) is 0 Å². The lowest BCUT2D eigenvalue weighted by molar-refractivity contribution is -0.115. The van der Waals surface area contributed by atoms with E-state index in [4.69, 9.17) is 12.2 Å². The van der Waals surface area contributed by atoms with Crippen LogP contribution in [-0.2, 0) is 4.79 Å². The van der Waals surface area contributed by atoms with Crippen LogP contribution in [0.25, 0.3) is 16.8 Å². The fourth-order valence-corrected chi connectivity index (χ4v) is 2.54. The Labute approximate surface area is 146 Å². The Morgan fingerprint density at radius 3 is 2.38 bits per heavy atom. The van der Waals surface area contributed by atoms with E-state index < -0.39 is 0 Å². The lowest BCUT2D eigenvalue weighted by Crippen LogP contribution is -2.32. The zero-order chi connectivity index (χ0) is 16.8. The average Bonchev–Trinajstić information content (AvgIpc) is 2.60. The second kappa shape index (κ2) is 7.53. The first kappa shape index (κ1) is 15.9. The van der Waals surface area contributed by atoms with Crippen LogP contribution in [0.4, 0.5) is 5.69 Å². The van der Waals surface area contributed by atoms with Crippen molar-refractivity contribution in [3.63, 3.8) is 0 Å². The Balaban J connectivity index is 1.60. The molecule has 0 spiro atoms. The topological polar surface area (TPSA) is 41.1 Å². The molecule has 0 aliphatic rings. The van der Waals surface area contributed by atoms with E-state index in [1.807, 2.05) is 72.8 Å². The molecule has 0 saturated carbocycles. The summed E-state index contributed by atoms with van der Waals surface area (Å²) in [5.41, 5.74) is 1.80. The molecule has 24 heavy (non-hydrogen) atoms. The molecule has 0 heterocycles. The van der Waals surface area contributed by atoms with E-state index in [0.717, 1.165) is 22.0 Å². The lowest BCUT2D eigenvalue weighted by atomic mass is 10.1. The number of nitrogens with one attached hydrogen (secondary N) is 2. The van der Waals surface area contributed by atoms with E-state index in [-0.39, 0.29) is 11.0 Å². The van der Waals surface area contributed by atoms with Gasteiger partial charge in [-0.15, -0.1) is 0 Å². The number of fused-ring (bicyclic) bond motifs is 1. The molecule has 0 saturated heterocycles. The Kier molecular flexibility index (Phi) is 4.99. The molecule has 1 amide bonds. The van der Waals surface area contributed by atoms with E-state index in [1.54, 1.807) is 6.08 Å². The highest BCUT2D eigenvalue weighted by Gasteiger charge is 2.02. The van der Waals surface area contributed by atoms with E-state index >= 15 is 0 Å². The lowest BCUT2D eigenvalue weighted by Gasteiger charge is -2.09. The minimum Gasteiger partial charge on any atom is -0.332 e. The second-order valence-corrected chi connectivity index (χ2v) is 5.66. The van der Waals surface area contributed by atoms with Gasteiger partial charge in [-0.05, 0) is 46.8 Å². The smallest absolute Gasteiger partial charge is 0.250 e. The van der Waals surface area contributed by atoms with Crippen molar-refractivity contribution in [2.75, 3.05) is 5.32 Å². The van der Waals surface area contributed by atoms with Crippen LogP contribution < -0.4 is 10.6 Å². The molecular weight excluding hydrogens is 316 g/mol. The van der Waals surface area contributed by atoms with Crippen LogP contribution in [0.15, 0.2) is 78.9 Å². The third-order valence-electron chi connectivity index (χ3n) is 3.47. The molecule has 3 nitrogen and oxygen atoms in total. The predicted octanol–water partition coefficient (Wildman–Crippen LogP) is 4.37. The van der Waals surface area contributed by atoms with Gasteiger partial charge < -0.3 is 5.32 Å². The molecule has 3 aromatic carbocycles. The summed E-state index contributed by atoms with van der Waals surface area (Å²) >= 11 is 5.19. The van der Waals surface area contributed by atoms with Gasteiger partial charge in [0.1, 0.15) is 0 Å². The summed E-state index contributed by atoms with van der Waals surface area (Å²) in [6.07, 6.45) is 3.21. The molecule has 3 aromatic rings. The number of anilines is 1. The molecule has 118 valence electrons. The number of carbonyl (C=O) groups is 1. The number of amides is 1.